The Bertz CT molecular complexity index is 419. The van der Waals surface area contributed by atoms with Crippen LogP contribution in [0.3, 0.4) is 0 Å². The van der Waals surface area contributed by atoms with Crippen molar-refractivity contribution in [2.75, 3.05) is 0 Å². The van der Waals surface area contributed by atoms with E-state index in [2.05, 4.69) is 5.43 Å². The van der Waals surface area contributed by atoms with E-state index in [-0.39, 0.29) is 16.9 Å². The Balaban J connectivity index is 1.83. The van der Waals surface area contributed by atoms with Gasteiger partial charge < -0.3 is 0 Å². The van der Waals surface area contributed by atoms with E-state index in [1.165, 1.54) is 44.6 Å². The molecule has 0 heterocycles. The second-order valence-electron chi connectivity index (χ2n) is 5.90. The summed E-state index contributed by atoms with van der Waals surface area (Å²) in [5, 5.41) is 0.186. The first-order valence-corrected chi connectivity index (χ1v) is 7.97. The monoisotopic (exact) mass is 298 g/mol. The van der Waals surface area contributed by atoms with Crippen LogP contribution in [0.15, 0.2) is 18.2 Å². The van der Waals surface area contributed by atoms with Gasteiger partial charge in [-0.1, -0.05) is 49.8 Å². The summed E-state index contributed by atoms with van der Waals surface area (Å²) in [5.74, 6) is 6.14. The van der Waals surface area contributed by atoms with E-state index in [1.54, 1.807) is 12.1 Å². The zero-order valence-corrected chi connectivity index (χ0v) is 12.6. The number of nitrogens with one attached hydrogen (secondary N) is 1. The van der Waals surface area contributed by atoms with Crippen LogP contribution in [-0.4, -0.2) is 6.04 Å². The van der Waals surface area contributed by atoms with Gasteiger partial charge in [0, 0.05) is 6.04 Å². The van der Waals surface area contributed by atoms with Crippen LogP contribution < -0.4 is 11.3 Å². The molecule has 0 spiro atoms. The summed E-state index contributed by atoms with van der Waals surface area (Å²) in [5.41, 5.74) is 3.92. The van der Waals surface area contributed by atoms with E-state index in [4.69, 9.17) is 17.4 Å². The van der Waals surface area contributed by atoms with Gasteiger partial charge in [0.1, 0.15) is 5.82 Å². The fourth-order valence-corrected chi connectivity index (χ4v) is 3.31. The molecule has 1 aromatic rings. The Labute approximate surface area is 125 Å². The van der Waals surface area contributed by atoms with Crippen molar-refractivity contribution < 1.29 is 4.39 Å². The second-order valence-corrected chi connectivity index (χ2v) is 6.30. The molecule has 1 fully saturated rings. The molecule has 4 heteroatoms. The Hall–Kier alpha value is -0.640. The standard InChI is InChI=1S/C16H24ClFN2/c17-15-11-13(7-9-16(15)18)10-14(20-19)8-6-12-4-2-1-3-5-12/h7,9,11-12,14,20H,1-6,8,10,19H2. The summed E-state index contributed by atoms with van der Waals surface area (Å²) in [6, 6.07) is 5.14. The van der Waals surface area contributed by atoms with Gasteiger partial charge in [0.05, 0.1) is 5.02 Å². The number of halogens is 2. The van der Waals surface area contributed by atoms with Crippen molar-refractivity contribution in [2.24, 2.45) is 11.8 Å². The second kappa shape index (κ2) is 7.96. The molecule has 0 aromatic heterocycles. The fraction of sp³-hybridized carbons (Fsp3) is 0.625. The third kappa shape index (κ3) is 4.72. The number of hydrogen-bond acceptors (Lipinski definition) is 2. The normalized spacial score (nSPS) is 18.1. The minimum absolute atomic E-state index is 0.186. The lowest BCUT2D eigenvalue weighted by atomic mass is 9.84. The van der Waals surface area contributed by atoms with Gasteiger partial charge >= 0.3 is 0 Å². The van der Waals surface area contributed by atoms with Crippen molar-refractivity contribution in [3.63, 3.8) is 0 Å². The van der Waals surface area contributed by atoms with Crippen molar-refractivity contribution in [1.82, 2.24) is 5.43 Å². The summed E-state index contributed by atoms with van der Waals surface area (Å²) in [7, 11) is 0. The zero-order chi connectivity index (χ0) is 14.4. The SMILES string of the molecule is NNC(CCC1CCCCC1)Cc1ccc(F)c(Cl)c1. The molecule has 1 atom stereocenters. The topological polar surface area (TPSA) is 38.0 Å². The van der Waals surface area contributed by atoms with Crippen LogP contribution >= 0.6 is 11.6 Å². The van der Waals surface area contributed by atoms with Gasteiger partial charge in [-0.2, -0.15) is 0 Å². The van der Waals surface area contributed by atoms with Crippen molar-refractivity contribution in [1.29, 1.82) is 0 Å². The van der Waals surface area contributed by atoms with Crippen LogP contribution in [0.1, 0.15) is 50.5 Å². The molecule has 112 valence electrons. The highest BCUT2D eigenvalue weighted by molar-refractivity contribution is 6.30. The summed E-state index contributed by atoms with van der Waals surface area (Å²) in [6.45, 7) is 0. The van der Waals surface area contributed by atoms with Crippen molar-refractivity contribution in [3.05, 3.63) is 34.6 Å². The maximum atomic E-state index is 13.1. The van der Waals surface area contributed by atoms with Crippen molar-refractivity contribution in [2.45, 2.75) is 57.4 Å². The number of nitrogens with two attached hydrogens (primary N) is 1. The number of hydrazine groups is 1. The molecule has 1 unspecified atom stereocenters. The molecular formula is C16H24ClFN2. The molecule has 20 heavy (non-hydrogen) atoms. The molecule has 1 aromatic carbocycles. The largest absolute Gasteiger partial charge is 0.271 e. The van der Waals surface area contributed by atoms with Crippen LogP contribution in [-0.2, 0) is 6.42 Å². The molecule has 1 saturated carbocycles. The van der Waals surface area contributed by atoms with Gasteiger partial charge in [-0.15, -0.1) is 0 Å². The number of rotatable bonds is 6. The van der Waals surface area contributed by atoms with Crippen LogP contribution in [0.4, 0.5) is 4.39 Å². The molecule has 1 aliphatic rings. The van der Waals surface area contributed by atoms with Crippen molar-refractivity contribution >= 4 is 11.6 Å². The van der Waals surface area contributed by atoms with Crippen LogP contribution in [0.5, 0.6) is 0 Å². The Kier molecular flexibility index (Phi) is 6.27. The molecule has 3 N–H and O–H groups in total. The lowest BCUT2D eigenvalue weighted by Gasteiger charge is -2.24. The van der Waals surface area contributed by atoms with E-state index in [0.717, 1.165) is 24.3 Å². The summed E-state index contributed by atoms with van der Waals surface area (Å²) >= 11 is 5.81. The minimum atomic E-state index is -0.366. The zero-order valence-electron chi connectivity index (χ0n) is 11.9. The van der Waals surface area contributed by atoms with E-state index < -0.39 is 0 Å². The number of hydrogen-bond donors (Lipinski definition) is 2. The molecule has 0 aliphatic heterocycles. The lowest BCUT2D eigenvalue weighted by Crippen LogP contribution is -2.37. The Morgan fingerprint density at radius 3 is 2.70 bits per heavy atom. The van der Waals surface area contributed by atoms with Gasteiger partial charge in [-0.05, 0) is 42.9 Å². The summed E-state index contributed by atoms with van der Waals surface area (Å²) in [6.07, 6.45) is 9.95. The van der Waals surface area contributed by atoms with E-state index in [1.807, 2.05) is 0 Å². The predicted octanol–water partition coefficient (Wildman–Crippen LogP) is 4.21. The molecular weight excluding hydrogens is 275 g/mol. The van der Waals surface area contributed by atoms with Crippen LogP contribution in [0.25, 0.3) is 0 Å². The predicted molar refractivity (Wildman–Crippen MR) is 82.0 cm³/mol. The van der Waals surface area contributed by atoms with E-state index >= 15 is 0 Å². The van der Waals surface area contributed by atoms with Crippen LogP contribution in [0.2, 0.25) is 5.02 Å². The highest BCUT2D eigenvalue weighted by Crippen LogP contribution is 2.28. The minimum Gasteiger partial charge on any atom is -0.271 e. The van der Waals surface area contributed by atoms with E-state index in [9.17, 15) is 4.39 Å². The molecule has 0 amide bonds. The third-order valence-corrected chi connectivity index (χ3v) is 4.64. The smallest absolute Gasteiger partial charge is 0.141 e. The summed E-state index contributed by atoms with van der Waals surface area (Å²) in [4.78, 5) is 0. The van der Waals surface area contributed by atoms with Gasteiger partial charge in [0.25, 0.3) is 0 Å². The average molecular weight is 299 g/mol. The number of benzene rings is 1. The Morgan fingerprint density at radius 1 is 1.30 bits per heavy atom. The first kappa shape index (κ1) is 15.7. The maximum absolute atomic E-state index is 13.1. The maximum Gasteiger partial charge on any atom is 0.141 e. The molecule has 0 radical (unpaired) electrons. The molecule has 1 aliphatic carbocycles. The quantitative estimate of drug-likeness (QED) is 0.610. The fourth-order valence-electron chi connectivity index (χ4n) is 3.11. The molecule has 0 saturated heterocycles. The van der Waals surface area contributed by atoms with Gasteiger partial charge in [-0.25, -0.2) is 4.39 Å². The van der Waals surface area contributed by atoms with Gasteiger partial charge in [-0.3, -0.25) is 11.3 Å². The Morgan fingerprint density at radius 2 is 2.05 bits per heavy atom. The van der Waals surface area contributed by atoms with Gasteiger partial charge in [0.15, 0.2) is 0 Å². The van der Waals surface area contributed by atoms with Crippen molar-refractivity contribution in [3.8, 4) is 0 Å². The van der Waals surface area contributed by atoms with Crippen LogP contribution in [0, 0.1) is 11.7 Å². The average Bonchev–Trinajstić information content (AvgIpc) is 2.48. The molecule has 2 nitrogen and oxygen atoms in total. The summed E-state index contributed by atoms with van der Waals surface area (Å²) < 4.78 is 13.1. The first-order chi connectivity index (χ1) is 9.69. The third-order valence-electron chi connectivity index (χ3n) is 4.35. The first-order valence-electron chi connectivity index (χ1n) is 7.59. The highest BCUT2D eigenvalue weighted by Gasteiger charge is 2.16. The lowest BCUT2D eigenvalue weighted by molar-refractivity contribution is 0.313. The van der Waals surface area contributed by atoms with Gasteiger partial charge in [0.2, 0.25) is 0 Å². The molecule has 2 rings (SSSR count). The highest BCUT2D eigenvalue weighted by atomic mass is 35.5. The molecule has 0 bridgehead atoms. The van der Waals surface area contributed by atoms with E-state index in [0.29, 0.717) is 0 Å².